The third-order valence-corrected chi connectivity index (χ3v) is 3.19. The summed E-state index contributed by atoms with van der Waals surface area (Å²) < 4.78 is 0. The average molecular weight is 247 g/mol. The summed E-state index contributed by atoms with van der Waals surface area (Å²) in [6, 6.07) is 7.83. The molecule has 0 atom stereocenters. The molecule has 17 heavy (non-hydrogen) atoms. The van der Waals surface area contributed by atoms with Crippen LogP contribution in [0.1, 0.15) is 5.56 Å². The lowest BCUT2D eigenvalue weighted by atomic mass is 10.1. The summed E-state index contributed by atoms with van der Waals surface area (Å²) in [6.45, 7) is 4.57. The van der Waals surface area contributed by atoms with E-state index in [9.17, 15) is 0 Å². The molecule has 0 saturated carbocycles. The zero-order chi connectivity index (χ0) is 12.5. The van der Waals surface area contributed by atoms with Crippen molar-refractivity contribution in [2.45, 2.75) is 6.42 Å². The van der Waals surface area contributed by atoms with Gasteiger partial charge in [0.2, 0.25) is 0 Å². The molecule has 1 rings (SSSR count). The number of nitrogens with one attached hydrogen (secondary N) is 1. The molecule has 4 heteroatoms. The topological polar surface area (TPSA) is 61.8 Å². The number of anilines is 2. The first-order valence-electron chi connectivity index (χ1n) is 5.45. The fourth-order valence-electron chi connectivity index (χ4n) is 1.39. The van der Waals surface area contributed by atoms with E-state index in [1.54, 1.807) is 0 Å². The van der Waals surface area contributed by atoms with Crippen LogP contribution in [0.2, 0.25) is 0 Å². The molecule has 0 heterocycles. The van der Waals surface area contributed by atoms with E-state index in [0.29, 0.717) is 12.1 Å². The van der Waals surface area contributed by atoms with Crippen LogP contribution < -0.4 is 11.1 Å². The van der Waals surface area contributed by atoms with Gasteiger partial charge in [-0.05, 0) is 23.8 Å². The van der Waals surface area contributed by atoms with Crippen LogP contribution in [0.5, 0.6) is 0 Å². The van der Waals surface area contributed by atoms with Gasteiger partial charge in [-0.15, -0.1) is 6.58 Å². The molecule has 0 fully saturated rings. The molecule has 0 bridgehead atoms. The van der Waals surface area contributed by atoms with Crippen LogP contribution in [-0.4, -0.2) is 18.1 Å². The number of hydrogen-bond donors (Lipinski definition) is 2. The van der Waals surface area contributed by atoms with Crippen molar-refractivity contribution in [1.29, 1.82) is 5.26 Å². The molecule has 1 aromatic rings. The van der Waals surface area contributed by atoms with E-state index < -0.39 is 0 Å². The van der Waals surface area contributed by atoms with Crippen molar-refractivity contribution in [2.75, 3.05) is 29.1 Å². The Morgan fingerprint density at radius 1 is 1.53 bits per heavy atom. The molecule has 0 aliphatic carbocycles. The highest BCUT2D eigenvalue weighted by molar-refractivity contribution is 7.99. The van der Waals surface area contributed by atoms with Crippen LogP contribution in [0.4, 0.5) is 11.4 Å². The highest BCUT2D eigenvalue weighted by atomic mass is 32.2. The van der Waals surface area contributed by atoms with Crippen molar-refractivity contribution in [3.8, 4) is 6.07 Å². The van der Waals surface area contributed by atoms with Gasteiger partial charge < -0.3 is 11.1 Å². The van der Waals surface area contributed by atoms with Gasteiger partial charge >= 0.3 is 0 Å². The first-order chi connectivity index (χ1) is 8.27. The van der Waals surface area contributed by atoms with Crippen molar-refractivity contribution < 1.29 is 0 Å². The first kappa shape index (κ1) is 13.5. The van der Waals surface area contributed by atoms with E-state index in [-0.39, 0.29) is 0 Å². The summed E-state index contributed by atoms with van der Waals surface area (Å²) in [4.78, 5) is 0. The fraction of sp³-hybridized carbons (Fsp3) is 0.308. The predicted octanol–water partition coefficient (Wildman–Crippen LogP) is 2.67. The van der Waals surface area contributed by atoms with Crippen LogP contribution in [0, 0.1) is 11.3 Å². The molecule has 0 unspecified atom stereocenters. The van der Waals surface area contributed by atoms with Gasteiger partial charge in [0.15, 0.2) is 0 Å². The minimum Gasteiger partial charge on any atom is -0.398 e. The Bertz CT molecular complexity index is 410. The molecule has 0 saturated heterocycles. The highest BCUT2D eigenvalue weighted by Crippen LogP contribution is 2.18. The second-order valence-electron chi connectivity index (χ2n) is 3.54. The quantitative estimate of drug-likeness (QED) is 0.442. The van der Waals surface area contributed by atoms with Crippen molar-refractivity contribution in [1.82, 2.24) is 0 Å². The normalized spacial score (nSPS) is 9.59. The molecule has 0 spiro atoms. The lowest BCUT2D eigenvalue weighted by Crippen LogP contribution is -2.05. The Labute approximate surface area is 107 Å². The lowest BCUT2D eigenvalue weighted by molar-refractivity contribution is 1.21. The Hall–Kier alpha value is -1.60. The van der Waals surface area contributed by atoms with Gasteiger partial charge in [-0.25, -0.2) is 0 Å². The van der Waals surface area contributed by atoms with Gasteiger partial charge in [-0.3, -0.25) is 0 Å². The van der Waals surface area contributed by atoms with Crippen molar-refractivity contribution in [3.05, 3.63) is 36.4 Å². The molecule has 90 valence electrons. The predicted molar refractivity (Wildman–Crippen MR) is 76.2 cm³/mol. The van der Waals surface area contributed by atoms with E-state index in [1.807, 2.05) is 36.0 Å². The third kappa shape index (κ3) is 4.83. The van der Waals surface area contributed by atoms with E-state index in [4.69, 9.17) is 11.0 Å². The first-order valence-corrected chi connectivity index (χ1v) is 6.61. The summed E-state index contributed by atoms with van der Waals surface area (Å²) in [7, 11) is 0. The van der Waals surface area contributed by atoms with Gasteiger partial charge in [0.25, 0.3) is 0 Å². The van der Waals surface area contributed by atoms with E-state index in [2.05, 4.69) is 18.0 Å². The van der Waals surface area contributed by atoms with Gasteiger partial charge in [-0.2, -0.15) is 17.0 Å². The number of nitriles is 1. The van der Waals surface area contributed by atoms with Crippen molar-refractivity contribution >= 4 is 23.1 Å². The Kier molecular flexibility index (Phi) is 6.05. The molecular formula is C13H17N3S. The van der Waals surface area contributed by atoms with Crippen LogP contribution >= 0.6 is 11.8 Å². The number of nitrogens with zero attached hydrogens (tertiary/aromatic N) is 1. The number of rotatable bonds is 7. The minimum absolute atomic E-state index is 0.354. The Morgan fingerprint density at radius 2 is 2.35 bits per heavy atom. The Morgan fingerprint density at radius 3 is 3.06 bits per heavy atom. The van der Waals surface area contributed by atoms with Gasteiger partial charge in [0.1, 0.15) is 0 Å². The number of benzene rings is 1. The number of thioether (sulfide) groups is 1. The van der Waals surface area contributed by atoms with Crippen LogP contribution in [0.3, 0.4) is 0 Å². The standard InChI is InChI=1S/C13H17N3S/c1-2-8-17-9-7-16-12-3-4-13(15)11(10-12)5-6-14/h2-4,10,16H,1,5,7-9,15H2. The van der Waals surface area contributed by atoms with Crippen molar-refractivity contribution in [3.63, 3.8) is 0 Å². The van der Waals surface area contributed by atoms with Gasteiger partial charge in [0.05, 0.1) is 12.5 Å². The molecule has 3 N–H and O–H groups in total. The second-order valence-corrected chi connectivity index (χ2v) is 4.69. The molecule has 3 nitrogen and oxygen atoms in total. The summed E-state index contributed by atoms with van der Waals surface area (Å²) >= 11 is 1.83. The third-order valence-electron chi connectivity index (χ3n) is 2.22. The Balaban J connectivity index is 2.46. The van der Waals surface area contributed by atoms with E-state index >= 15 is 0 Å². The van der Waals surface area contributed by atoms with Crippen LogP contribution in [0.15, 0.2) is 30.9 Å². The fourth-order valence-corrected chi connectivity index (χ4v) is 1.97. The zero-order valence-electron chi connectivity index (χ0n) is 9.78. The SMILES string of the molecule is C=CCSCCNc1ccc(N)c(CC#N)c1. The highest BCUT2D eigenvalue weighted by Gasteiger charge is 2.00. The maximum absolute atomic E-state index is 8.67. The van der Waals surface area contributed by atoms with Gasteiger partial charge in [0, 0.05) is 29.4 Å². The molecular weight excluding hydrogens is 230 g/mol. The van der Waals surface area contributed by atoms with Crippen LogP contribution in [0.25, 0.3) is 0 Å². The largest absolute Gasteiger partial charge is 0.398 e. The smallest absolute Gasteiger partial charge is 0.0670 e. The summed E-state index contributed by atoms with van der Waals surface area (Å²) in [5, 5.41) is 12.0. The van der Waals surface area contributed by atoms with Gasteiger partial charge in [-0.1, -0.05) is 6.08 Å². The summed E-state index contributed by atoms with van der Waals surface area (Å²) in [6.07, 6.45) is 2.26. The lowest BCUT2D eigenvalue weighted by Gasteiger charge is -2.08. The second kappa shape index (κ2) is 7.64. The molecule has 1 aromatic carbocycles. The average Bonchev–Trinajstić information content (AvgIpc) is 2.33. The molecule has 0 radical (unpaired) electrons. The molecule has 0 amide bonds. The number of hydrogen-bond acceptors (Lipinski definition) is 4. The number of nitrogens with two attached hydrogens (primary N) is 1. The van der Waals surface area contributed by atoms with Crippen LogP contribution in [-0.2, 0) is 6.42 Å². The minimum atomic E-state index is 0.354. The number of nitrogen functional groups attached to an aromatic ring is 1. The summed E-state index contributed by atoms with van der Waals surface area (Å²) in [5.74, 6) is 2.01. The summed E-state index contributed by atoms with van der Waals surface area (Å²) in [5.41, 5.74) is 8.36. The maximum Gasteiger partial charge on any atom is 0.0670 e. The maximum atomic E-state index is 8.67. The van der Waals surface area contributed by atoms with E-state index in [0.717, 1.165) is 29.3 Å². The zero-order valence-corrected chi connectivity index (χ0v) is 10.6. The molecule has 0 aromatic heterocycles. The van der Waals surface area contributed by atoms with Crippen molar-refractivity contribution in [2.24, 2.45) is 0 Å². The molecule has 0 aliphatic heterocycles. The molecule has 0 aliphatic rings. The monoisotopic (exact) mass is 247 g/mol. The van der Waals surface area contributed by atoms with E-state index in [1.165, 1.54) is 0 Å².